The summed E-state index contributed by atoms with van der Waals surface area (Å²) in [5.41, 5.74) is 4.89. The quantitative estimate of drug-likeness (QED) is 0.874. The van der Waals surface area contributed by atoms with Crippen molar-refractivity contribution in [2.75, 3.05) is 18.4 Å². The van der Waals surface area contributed by atoms with Gasteiger partial charge in [0.1, 0.15) is 5.82 Å². The van der Waals surface area contributed by atoms with Gasteiger partial charge in [0.2, 0.25) is 11.8 Å². The maximum Gasteiger partial charge on any atom is 0.225 e. The monoisotopic (exact) mass is 387 g/mol. The normalized spacial score (nSPS) is 22.7. The number of pyridine rings is 1. The summed E-state index contributed by atoms with van der Waals surface area (Å²) in [5.74, 6) is 1.98. The van der Waals surface area contributed by atoms with Crippen LogP contribution in [0.4, 0.5) is 5.82 Å². The standard InChI is InChI=1S/C24H25N3O2/c28-22-8-7-18-10-16(13-25-24(18)26-22)6-9-23(29)27-14-20-11-19(12-21(20)15-27)17-4-2-1-3-5-17/h1-5,10-11,13,20-21H,6-9,12,14-15H2,(H,25,26,28). The number of carbonyl (C=O) groups is 2. The third-order valence-electron chi connectivity index (χ3n) is 6.42. The minimum atomic E-state index is 0.0250. The molecule has 1 aromatic heterocycles. The number of allylic oxidation sites excluding steroid dienone is 1. The molecule has 5 nitrogen and oxygen atoms in total. The first-order valence-corrected chi connectivity index (χ1v) is 10.5. The number of benzene rings is 1. The lowest BCUT2D eigenvalue weighted by Crippen LogP contribution is -2.29. The van der Waals surface area contributed by atoms with Gasteiger partial charge in [0, 0.05) is 32.1 Å². The summed E-state index contributed by atoms with van der Waals surface area (Å²) >= 11 is 0. The van der Waals surface area contributed by atoms with Gasteiger partial charge in [-0.2, -0.15) is 0 Å². The summed E-state index contributed by atoms with van der Waals surface area (Å²) in [6, 6.07) is 12.7. The van der Waals surface area contributed by atoms with Gasteiger partial charge in [-0.05, 0) is 53.4 Å². The van der Waals surface area contributed by atoms with Crippen LogP contribution in [-0.4, -0.2) is 34.8 Å². The van der Waals surface area contributed by atoms with Crippen molar-refractivity contribution < 1.29 is 9.59 Å². The summed E-state index contributed by atoms with van der Waals surface area (Å²) in [5, 5.41) is 2.80. The molecule has 2 amide bonds. The molecule has 5 rings (SSSR count). The highest BCUT2D eigenvalue weighted by Gasteiger charge is 2.38. The molecule has 1 aliphatic carbocycles. The topological polar surface area (TPSA) is 62.3 Å². The number of nitrogens with zero attached hydrogens (tertiary/aromatic N) is 2. The van der Waals surface area contributed by atoms with Crippen LogP contribution < -0.4 is 5.32 Å². The number of amides is 2. The van der Waals surface area contributed by atoms with Crippen molar-refractivity contribution in [1.82, 2.24) is 9.88 Å². The number of rotatable bonds is 4. The molecule has 1 fully saturated rings. The highest BCUT2D eigenvalue weighted by atomic mass is 16.2. The first-order chi connectivity index (χ1) is 14.2. The number of nitrogens with one attached hydrogen (secondary N) is 1. The maximum atomic E-state index is 12.8. The van der Waals surface area contributed by atoms with Crippen molar-refractivity contribution in [1.29, 1.82) is 0 Å². The highest BCUT2D eigenvalue weighted by Crippen LogP contribution is 2.41. The molecule has 0 radical (unpaired) electrons. The number of carbonyl (C=O) groups excluding carboxylic acids is 2. The van der Waals surface area contributed by atoms with E-state index in [2.05, 4.69) is 46.7 Å². The zero-order chi connectivity index (χ0) is 19.8. The number of fused-ring (bicyclic) bond motifs is 2. The van der Waals surface area contributed by atoms with Gasteiger partial charge in [-0.1, -0.05) is 42.5 Å². The number of likely N-dealkylation sites (tertiary alicyclic amines) is 1. The van der Waals surface area contributed by atoms with Gasteiger partial charge in [0.05, 0.1) is 0 Å². The fourth-order valence-electron chi connectivity index (χ4n) is 4.83. The molecule has 1 saturated heterocycles. The molecular weight excluding hydrogens is 362 g/mol. The van der Waals surface area contributed by atoms with Crippen molar-refractivity contribution in [2.45, 2.75) is 32.1 Å². The van der Waals surface area contributed by atoms with E-state index in [1.165, 1.54) is 11.1 Å². The van der Waals surface area contributed by atoms with Crippen LogP contribution in [0.3, 0.4) is 0 Å². The lowest BCUT2D eigenvalue weighted by Gasteiger charge is -2.18. The van der Waals surface area contributed by atoms with E-state index in [0.29, 0.717) is 36.9 Å². The Kier molecular flexibility index (Phi) is 4.66. The van der Waals surface area contributed by atoms with Crippen molar-refractivity contribution in [3.8, 4) is 0 Å². The zero-order valence-electron chi connectivity index (χ0n) is 16.4. The molecule has 3 heterocycles. The van der Waals surface area contributed by atoms with Gasteiger partial charge >= 0.3 is 0 Å². The lowest BCUT2D eigenvalue weighted by molar-refractivity contribution is -0.130. The second-order valence-corrected chi connectivity index (χ2v) is 8.38. The maximum absolute atomic E-state index is 12.8. The fourth-order valence-corrected chi connectivity index (χ4v) is 4.83. The summed E-state index contributed by atoms with van der Waals surface area (Å²) < 4.78 is 0. The Balaban J connectivity index is 1.17. The Morgan fingerprint density at radius 1 is 1.17 bits per heavy atom. The molecule has 29 heavy (non-hydrogen) atoms. The van der Waals surface area contributed by atoms with Crippen LogP contribution in [0.25, 0.3) is 5.57 Å². The van der Waals surface area contributed by atoms with Crippen molar-refractivity contribution in [3.63, 3.8) is 0 Å². The minimum Gasteiger partial charge on any atom is -0.342 e. The van der Waals surface area contributed by atoms with Crippen molar-refractivity contribution in [2.24, 2.45) is 11.8 Å². The number of aromatic nitrogens is 1. The molecule has 2 aromatic rings. The van der Waals surface area contributed by atoms with E-state index in [4.69, 9.17) is 0 Å². The van der Waals surface area contributed by atoms with E-state index in [0.717, 1.165) is 37.1 Å². The average molecular weight is 387 g/mol. The van der Waals surface area contributed by atoms with Crippen LogP contribution in [0, 0.1) is 11.8 Å². The Hall–Kier alpha value is -2.95. The molecule has 0 spiro atoms. The summed E-state index contributed by atoms with van der Waals surface area (Å²) in [7, 11) is 0. The van der Waals surface area contributed by atoms with Crippen LogP contribution in [-0.2, 0) is 22.4 Å². The first kappa shape index (κ1) is 18.1. The van der Waals surface area contributed by atoms with Gasteiger partial charge in [-0.3, -0.25) is 9.59 Å². The largest absolute Gasteiger partial charge is 0.342 e. The molecule has 0 saturated carbocycles. The third kappa shape index (κ3) is 3.69. The molecule has 2 unspecified atom stereocenters. The van der Waals surface area contributed by atoms with Crippen LogP contribution in [0.1, 0.15) is 36.0 Å². The van der Waals surface area contributed by atoms with E-state index in [1.807, 2.05) is 11.0 Å². The Morgan fingerprint density at radius 2 is 2.03 bits per heavy atom. The predicted octanol–water partition coefficient (Wildman–Crippen LogP) is 3.46. The van der Waals surface area contributed by atoms with Crippen molar-refractivity contribution >= 4 is 23.2 Å². The number of aryl methyl sites for hydroxylation is 2. The van der Waals surface area contributed by atoms with Crippen molar-refractivity contribution in [3.05, 3.63) is 65.4 Å². The number of hydrogen-bond donors (Lipinski definition) is 1. The SMILES string of the molecule is O=C1CCc2cc(CCC(=O)N3CC4C=C(c5ccccc5)CC4C3)cnc2N1. The lowest BCUT2D eigenvalue weighted by atomic mass is 9.98. The minimum absolute atomic E-state index is 0.0250. The van der Waals surface area contributed by atoms with E-state index in [9.17, 15) is 9.59 Å². The second-order valence-electron chi connectivity index (χ2n) is 8.38. The molecule has 2 atom stereocenters. The van der Waals surface area contributed by atoms with Gasteiger partial charge in [0.15, 0.2) is 0 Å². The van der Waals surface area contributed by atoms with Crippen LogP contribution in [0.2, 0.25) is 0 Å². The Morgan fingerprint density at radius 3 is 2.86 bits per heavy atom. The van der Waals surface area contributed by atoms with Gasteiger partial charge in [-0.25, -0.2) is 4.98 Å². The van der Waals surface area contributed by atoms with Crippen LogP contribution in [0.5, 0.6) is 0 Å². The molecule has 2 aliphatic heterocycles. The van der Waals surface area contributed by atoms with E-state index in [1.54, 1.807) is 6.20 Å². The van der Waals surface area contributed by atoms with Crippen LogP contribution >= 0.6 is 0 Å². The summed E-state index contributed by atoms with van der Waals surface area (Å²) in [4.78, 5) is 30.6. The molecular formula is C24H25N3O2. The molecule has 5 heteroatoms. The second kappa shape index (κ2) is 7.47. The Bertz CT molecular complexity index is 983. The third-order valence-corrected chi connectivity index (χ3v) is 6.42. The predicted molar refractivity (Wildman–Crippen MR) is 112 cm³/mol. The zero-order valence-corrected chi connectivity index (χ0v) is 16.4. The molecule has 1 N–H and O–H groups in total. The van der Waals surface area contributed by atoms with Gasteiger partial charge in [-0.15, -0.1) is 0 Å². The summed E-state index contributed by atoms with van der Waals surface area (Å²) in [6.07, 6.45) is 7.68. The average Bonchev–Trinajstić information content (AvgIpc) is 3.32. The fraction of sp³-hybridized carbons (Fsp3) is 0.375. The smallest absolute Gasteiger partial charge is 0.225 e. The Labute approximate surface area is 170 Å². The molecule has 3 aliphatic rings. The molecule has 148 valence electrons. The van der Waals surface area contributed by atoms with E-state index in [-0.39, 0.29) is 11.8 Å². The molecule has 1 aromatic carbocycles. The van der Waals surface area contributed by atoms with Gasteiger partial charge < -0.3 is 10.2 Å². The summed E-state index contributed by atoms with van der Waals surface area (Å²) in [6.45, 7) is 1.71. The number of hydrogen-bond acceptors (Lipinski definition) is 3. The molecule has 0 bridgehead atoms. The highest BCUT2D eigenvalue weighted by molar-refractivity contribution is 5.92. The number of anilines is 1. The first-order valence-electron chi connectivity index (χ1n) is 10.5. The van der Waals surface area contributed by atoms with Crippen LogP contribution in [0.15, 0.2) is 48.7 Å². The van der Waals surface area contributed by atoms with E-state index >= 15 is 0 Å². The van der Waals surface area contributed by atoms with Gasteiger partial charge in [0.25, 0.3) is 0 Å². The van der Waals surface area contributed by atoms with E-state index < -0.39 is 0 Å².